The molecule has 0 aliphatic carbocycles. The second kappa shape index (κ2) is 10.4. The maximum absolute atomic E-state index is 13.2. The molecule has 0 N–H and O–H groups in total. The zero-order valence-corrected chi connectivity index (χ0v) is 18.9. The van der Waals surface area contributed by atoms with Crippen molar-refractivity contribution in [2.45, 2.75) is 32.2 Å². The lowest BCUT2D eigenvalue weighted by molar-refractivity contribution is 0.304. The third-order valence-electron chi connectivity index (χ3n) is 5.25. The highest BCUT2D eigenvalue weighted by molar-refractivity contribution is 9.10. The van der Waals surface area contributed by atoms with Crippen LogP contribution >= 0.6 is 15.9 Å². The van der Waals surface area contributed by atoms with Crippen molar-refractivity contribution < 1.29 is 4.74 Å². The molecule has 0 atom stereocenters. The highest BCUT2D eigenvalue weighted by atomic mass is 79.9. The molecule has 0 saturated heterocycles. The summed E-state index contributed by atoms with van der Waals surface area (Å²) in [7, 11) is 0. The van der Waals surface area contributed by atoms with Gasteiger partial charge in [0.15, 0.2) is 0 Å². The normalized spacial score (nSPS) is 11.0. The van der Waals surface area contributed by atoms with Gasteiger partial charge < -0.3 is 4.74 Å². The predicted molar refractivity (Wildman–Crippen MR) is 130 cm³/mol. The summed E-state index contributed by atoms with van der Waals surface area (Å²) in [6.07, 6.45) is 4.03. The van der Waals surface area contributed by atoms with E-state index < -0.39 is 0 Å². The molecule has 0 aliphatic heterocycles. The summed E-state index contributed by atoms with van der Waals surface area (Å²) in [5.74, 6) is 1.64. The van der Waals surface area contributed by atoms with E-state index >= 15 is 0 Å². The van der Waals surface area contributed by atoms with Gasteiger partial charge in [0.05, 0.1) is 17.5 Å². The van der Waals surface area contributed by atoms with Crippen LogP contribution in [0, 0.1) is 0 Å². The molecule has 3 aromatic carbocycles. The van der Waals surface area contributed by atoms with Crippen LogP contribution in [-0.2, 0) is 6.54 Å². The zero-order valence-electron chi connectivity index (χ0n) is 17.3. The number of fused-ring (bicyclic) bond motifs is 1. The van der Waals surface area contributed by atoms with Crippen LogP contribution in [0.25, 0.3) is 22.3 Å². The topological polar surface area (TPSA) is 44.1 Å². The molecule has 0 radical (unpaired) electrons. The van der Waals surface area contributed by atoms with Crippen LogP contribution in [0.4, 0.5) is 0 Å². The first-order valence-corrected chi connectivity index (χ1v) is 11.4. The number of para-hydroxylation sites is 2. The minimum absolute atomic E-state index is 0.0240. The fourth-order valence-electron chi connectivity index (χ4n) is 3.63. The van der Waals surface area contributed by atoms with E-state index in [1.54, 1.807) is 0 Å². The predicted octanol–water partition coefficient (Wildman–Crippen LogP) is 6.47. The molecule has 0 amide bonds. The smallest absolute Gasteiger partial charge is 0.261 e. The molecule has 158 valence electrons. The summed E-state index contributed by atoms with van der Waals surface area (Å²) in [5.41, 5.74) is 1.71. The van der Waals surface area contributed by atoms with Crippen LogP contribution in [0.3, 0.4) is 0 Å². The molecule has 0 bridgehead atoms. The highest BCUT2D eigenvalue weighted by Crippen LogP contribution is 2.22. The van der Waals surface area contributed by atoms with Crippen molar-refractivity contribution in [1.82, 2.24) is 9.55 Å². The number of nitrogens with zero attached hydrogens (tertiary/aromatic N) is 2. The Morgan fingerprint density at radius 3 is 2.32 bits per heavy atom. The second-order valence-corrected chi connectivity index (χ2v) is 8.41. The lowest BCUT2D eigenvalue weighted by Crippen LogP contribution is -2.23. The Kier molecular flexibility index (Phi) is 7.15. The number of unbranched alkanes of at least 4 members (excludes halogenated alkanes) is 3. The summed E-state index contributed by atoms with van der Waals surface area (Å²) in [4.78, 5) is 18.0. The Morgan fingerprint density at radius 1 is 0.806 bits per heavy atom. The van der Waals surface area contributed by atoms with Gasteiger partial charge in [0.25, 0.3) is 5.56 Å². The van der Waals surface area contributed by atoms with Gasteiger partial charge in [-0.2, -0.15) is 0 Å². The van der Waals surface area contributed by atoms with Crippen molar-refractivity contribution in [3.05, 3.63) is 93.7 Å². The summed E-state index contributed by atoms with van der Waals surface area (Å²) < 4.78 is 8.58. The van der Waals surface area contributed by atoms with Crippen LogP contribution in [-0.4, -0.2) is 16.2 Å². The molecule has 4 aromatic rings. The lowest BCUT2D eigenvalue weighted by Gasteiger charge is -2.14. The quantitative estimate of drug-likeness (QED) is 0.260. The molecule has 1 aromatic heterocycles. The average Bonchev–Trinajstić information content (AvgIpc) is 2.81. The Labute approximate surface area is 190 Å². The van der Waals surface area contributed by atoms with Gasteiger partial charge in [-0.3, -0.25) is 9.36 Å². The lowest BCUT2D eigenvalue weighted by atomic mass is 10.1. The fraction of sp³-hybridized carbons (Fsp3) is 0.231. The van der Waals surface area contributed by atoms with Crippen LogP contribution in [0.2, 0.25) is 0 Å². The Bertz CT molecular complexity index is 1190. The summed E-state index contributed by atoms with van der Waals surface area (Å²) in [6, 6.07) is 25.4. The Morgan fingerprint density at radius 2 is 1.52 bits per heavy atom. The van der Waals surface area contributed by atoms with Crippen LogP contribution < -0.4 is 10.3 Å². The number of benzene rings is 3. The molecular formula is C26H25BrN2O2. The number of aromatic nitrogens is 2. The molecule has 4 rings (SSSR count). The SMILES string of the molecule is O=c1c2ccccc2nc(-c2ccc(Br)cc2)n1CCCCCCOc1ccccc1. The number of rotatable bonds is 9. The van der Waals surface area contributed by atoms with Crippen molar-refractivity contribution in [3.8, 4) is 17.1 Å². The van der Waals surface area contributed by atoms with E-state index in [-0.39, 0.29) is 5.56 Å². The Balaban J connectivity index is 1.42. The number of hydrogen-bond donors (Lipinski definition) is 0. The molecule has 0 spiro atoms. The molecule has 4 nitrogen and oxygen atoms in total. The van der Waals surface area contributed by atoms with Gasteiger partial charge >= 0.3 is 0 Å². The molecule has 0 aliphatic rings. The first kappa shape index (κ1) is 21.3. The van der Waals surface area contributed by atoms with Gasteiger partial charge in [0.2, 0.25) is 0 Å². The van der Waals surface area contributed by atoms with Crippen molar-refractivity contribution in [2.24, 2.45) is 0 Å². The van der Waals surface area contributed by atoms with E-state index in [1.807, 2.05) is 83.4 Å². The third kappa shape index (κ3) is 5.42. The molecule has 31 heavy (non-hydrogen) atoms. The summed E-state index contributed by atoms with van der Waals surface area (Å²) in [6.45, 7) is 1.37. The van der Waals surface area contributed by atoms with E-state index in [4.69, 9.17) is 9.72 Å². The minimum Gasteiger partial charge on any atom is -0.494 e. The molecular weight excluding hydrogens is 452 g/mol. The monoisotopic (exact) mass is 476 g/mol. The average molecular weight is 477 g/mol. The first-order chi connectivity index (χ1) is 15.2. The Hall–Kier alpha value is -2.92. The largest absolute Gasteiger partial charge is 0.494 e. The summed E-state index contributed by atoms with van der Waals surface area (Å²) >= 11 is 3.48. The number of ether oxygens (including phenoxy) is 1. The van der Waals surface area contributed by atoms with E-state index in [2.05, 4.69) is 15.9 Å². The van der Waals surface area contributed by atoms with Crippen LogP contribution in [0.1, 0.15) is 25.7 Å². The standard InChI is InChI=1S/C26H25BrN2O2/c27-21-16-14-20(15-17-21)25-28-24-13-7-6-12-23(24)26(30)29(25)18-8-1-2-9-19-31-22-10-4-3-5-11-22/h3-7,10-17H,1-2,8-9,18-19H2. The van der Waals surface area contributed by atoms with Crippen molar-refractivity contribution in [2.75, 3.05) is 6.61 Å². The molecule has 0 fully saturated rings. The van der Waals surface area contributed by atoms with Gasteiger partial charge in [0.1, 0.15) is 11.6 Å². The van der Waals surface area contributed by atoms with Gasteiger partial charge in [-0.15, -0.1) is 0 Å². The van der Waals surface area contributed by atoms with Crippen LogP contribution in [0.5, 0.6) is 5.75 Å². The van der Waals surface area contributed by atoms with Crippen molar-refractivity contribution >= 4 is 26.8 Å². The number of hydrogen-bond acceptors (Lipinski definition) is 3. The zero-order chi connectivity index (χ0) is 21.5. The van der Waals surface area contributed by atoms with Gasteiger partial charge in [-0.25, -0.2) is 4.98 Å². The molecule has 0 unspecified atom stereocenters. The van der Waals surface area contributed by atoms with Crippen molar-refractivity contribution in [3.63, 3.8) is 0 Å². The second-order valence-electron chi connectivity index (χ2n) is 7.49. The maximum Gasteiger partial charge on any atom is 0.261 e. The van der Waals surface area contributed by atoms with Gasteiger partial charge in [-0.05, 0) is 49.2 Å². The summed E-state index contributed by atoms with van der Waals surface area (Å²) in [5, 5.41) is 0.666. The fourth-order valence-corrected chi connectivity index (χ4v) is 3.89. The van der Waals surface area contributed by atoms with E-state index in [1.165, 1.54) is 0 Å². The molecule has 5 heteroatoms. The maximum atomic E-state index is 13.2. The molecule has 1 heterocycles. The van der Waals surface area contributed by atoms with Gasteiger partial charge in [-0.1, -0.05) is 71.2 Å². The molecule has 0 saturated carbocycles. The third-order valence-corrected chi connectivity index (χ3v) is 5.78. The van der Waals surface area contributed by atoms with Crippen molar-refractivity contribution in [1.29, 1.82) is 0 Å². The van der Waals surface area contributed by atoms with E-state index in [9.17, 15) is 4.79 Å². The van der Waals surface area contributed by atoms with Crippen LogP contribution in [0.15, 0.2) is 88.1 Å². The number of halogens is 1. The van der Waals surface area contributed by atoms with E-state index in [0.29, 0.717) is 18.5 Å². The highest BCUT2D eigenvalue weighted by Gasteiger charge is 2.12. The minimum atomic E-state index is 0.0240. The van der Waals surface area contributed by atoms with Gasteiger partial charge in [0, 0.05) is 16.6 Å². The van der Waals surface area contributed by atoms with E-state index in [0.717, 1.165) is 52.8 Å². The first-order valence-electron chi connectivity index (χ1n) is 10.7.